The summed E-state index contributed by atoms with van der Waals surface area (Å²) in [6.45, 7) is 8.75. The molecule has 0 aromatic heterocycles. The van der Waals surface area contributed by atoms with Crippen LogP contribution in [0.5, 0.6) is 0 Å². The highest BCUT2D eigenvalue weighted by atomic mass is 16.2. The molecule has 0 spiro atoms. The summed E-state index contributed by atoms with van der Waals surface area (Å²) in [5.74, 6) is 0.742. The predicted molar refractivity (Wildman–Crippen MR) is 126 cm³/mol. The molecule has 2 unspecified atom stereocenters. The monoisotopic (exact) mass is 427 g/mol. The van der Waals surface area contributed by atoms with Crippen LogP contribution in [0.1, 0.15) is 92.4 Å². The van der Waals surface area contributed by atoms with Crippen molar-refractivity contribution in [3.63, 3.8) is 0 Å². The standard InChI is InChI=1S/C26H41N3O2/c1-3-4-5-6-7-8-16-27-24-10-9-17-28(20-24)25(30)22-11-13-23(14-12-22)26(31)29-18-15-21(2)19-29/h11-14,21,24,27H,3-10,15-20H2,1-2H3. The molecule has 0 saturated carbocycles. The molecule has 2 heterocycles. The molecule has 0 bridgehead atoms. The minimum absolute atomic E-state index is 0.0832. The lowest BCUT2D eigenvalue weighted by Gasteiger charge is -2.33. The van der Waals surface area contributed by atoms with E-state index in [0.717, 1.165) is 52.0 Å². The number of hydrogen-bond acceptors (Lipinski definition) is 3. The molecular weight excluding hydrogens is 386 g/mol. The lowest BCUT2D eigenvalue weighted by Crippen LogP contribution is -2.48. The molecule has 31 heavy (non-hydrogen) atoms. The zero-order valence-electron chi connectivity index (χ0n) is 19.6. The van der Waals surface area contributed by atoms with Gasteiger partial charge in [-0.3, -0.25) is 9.59 Å². The predicted octanol–water partition coefficient (Wildman–Crippen LogP) is 4.72. The molecular formula is C26H41N3O2. The van der Waals surface area contributed by atoms with Crippen LogP contribution < -0.4 is 5.32 Å². The van der Waals surface area contributed by atoms with Gasteiger partial charge in [0.1, 0.15) is 0 Å². The number of nitrogens with zero attached hydrogens (tertiary/aromatic N) is 2. The van der Waals surface area contributed by atoms with Gasteiger partial charge < -0.3 is 15.1 Å². The van der Waals surface area contributed by atoms with Crippen LogP contribution in [-0.4, -0.2) is 60.4 Å². The molecule has 3 rings (SSSR count). The molecule has 2 aliphatic heterocycles. The number of benzene rings is 1. The number of nitrogens with one attached hydrogen (secondary N) is 1. The molecule has 2 fully saturated rings. The van der Waals surface area contributed by atoms with Crippen LogP contribution in [0.4, 0.5) is 0 Å². The maximum absolute atomic E-state index is 13.0. The Balaban J connectivity index is 1.44. The molecule has 1 N–H and O–H groups in total. The molecule has 172 valence electrons. The smallest absolute Gasteiger partial charge is 0.253 e. The van der Waals surface area contributed by atoms with E-state index >= 15 is 0 Å². The minimum Gasteiger partial charge on any atom is -0.338 e. The van der Waals surface area contributed by atoms with Crippen molar-refractivity contribution in [3.05, 3.63) is 35.4 Å². The summed E-state index contributed by atoms with van der Waals surface area (Å²) >= 11 is 0. The van der Waals surface area contributed by atoms with Gasteiger partial charge >= 0.3 is 0 Å². The lowest BCUT2D eigenvalue weighted by atomic mass is 10.0. The van der Waals surface area contributed by atoms with E-state index in [-0.39, 0.29) is 11.8 Å². The van der Waals surface area contributed by atoms with Crippen molar-refractivity contribution < 1.29 is 9.59 Å². The normalized spacial score (nSPS) is 21.5. The molecule has 2 aliphatic rings. The number of rotatable bonds is 10. The highest BCUT2D eigenvalue weighted by Gasteiger charge is 2.26. The van der Waals surface area contributed by atoms with Crippen LogP contribution in [0.25, 0.3) is 0 Å². The number of amides is 2. The molecule has 1 aromatic carbocycles. The summed E-state index contributed by atoms with van der Waals surface area (Å²) in [7, 11) is 0. The van der Waals surface area contributed by atoms with Gasteiger partial charge in [0.05, 0.1) is 0 Å². The van der Waals surface area contributed by atoms with E-state index in [9.17, 15) is 9.59 Å². The Hall–Kier alpha value is -1.88. The molecule has 2 amide bonds. The third-order valence-corrected chi connectivity index (χ3v) is 6.76. The number of likely N-dealkylation sites (tertiary alicyclic amines) is 2. The molecule has 5 heteroatoms. The van der Waals surface area contributed by atoms with Crippen molar-refractivity contribution in [2.75, 3.05) is 32.7 Å². The zero-order valence-corrected chi connectivity index (χ0v) is 19.6. The van der Waals surface area contributed by atoms with Crippen LogP contribution in [0.15, 0.2) is 24.3 Å². The Kier molecular flexibility index (Phi) is 9.38. The zero-order chi connectivity index (χ0) is 22.1. The number of carbonyl (C=O) groups is 2. The Bertz CT molecular complexity index is 703. The molecule has 2 atom stereocenters. The van der Waals surface area contributed by atoms with Crippen LogP contribution in [0, 0.1) is 5.92 Å². The highest BCUT2D eigenvalue weighted by molar-refractivity contribution is 5.98. The molecule has 5 nitrogen and oxygen atoms in total. The van der Waals surface area contributed by atoms with Gasteiger partial charge in [-0.25, -0.2) is 0 Å². The average Bonchev–Trinajstić information content (AvgIpc) is 3.24. The van der Waals surface area contributed by atoms with Crippen LogP contribution >= 0.6 is 0 Å². The topological polar surface area (TPSA) is 52.7 Å². The third kappa shape index (κ3) is 7.06. The lowest BCUT2D eigenvalue weighted by molar-refractivity contribution is 0.0693. The molecule has 0 aliphatic carbocycles. The number of piperidine rings is 1. The van der Waals surface area contributed by atoms with Gasteiger partial charge in [-0.1, -0.05) is 46.0 Å². The fourth-order valence-electron chi connectivity index (χ4n) is 4.78. The average molecular weight is 428 g/mol. The quantitative estimate of drug-likeness (QED) is 0.550. The summed E-state index contributed by atoms with van der Waals surface area (Å²) in [4.78, 5) is 29.5. The van der Waals surface area contributed by atoms with Gasteiger partial charge in [-0.05, 0) is 62.4 Å². The highest BCUT2D eigenvalue weighted by Crippen LogP contribution is 2.19. The fourth-order valence-corrected chi connectivity index (χ4v) is 4.78. The Morgan fingerprint density at radius 3 is 2.10 bits per heavy atom. The first-order valence-electron chi connectivity index (χ1n) is 12.5. The fraction of sp³-hybridized carbons (Fsp3) is 0.692. The van der Waals surface area contributed by atoms with E-state index in [0.29, 0.717) is 23.1 Å². The van der Waals surface area contributed by atoms with Crippen LogP contribution in [-0.2, 0) is 0 Å². The molecule has 1 aromatic rings. The van der Waals surface area contributed by atoms with Crippen molar-refractivity contribution in [2.24, 2.45) is 5.92 Å². The van der Waals surface area contributed by atoms with Gasteiger partial charge in [0.25, 0.3) is 11.8 Å². The second-order valence-corrected chi connectivity index (χ2v) is 9.53. The van der Waals surface area contributed by atoms with Crippen molar-refractivity contribution in [3.8, 4) is 0 Å². The molecule has 0 radical (unpaired) electrons. The van der Waals surface area contributed by atoms with E-state index in [1.54, 1.807) is 0 Å². The Morgan fingerprint density at radius 2 is 1.48 bits per heavy atom. The first kappa shape index (κ1) is 23.8. The van der Waals surface area contributed by atoms with Crippen molar-refractivity contribution in [2.45, 2.75) is 77.7 Å². The second-order valence-electron chi connectivity index (χ2n) is 9.53. The van der Waals surface area contributed by atoms with E-state index in [2.05, 4.69) is 19.2 Å². The van der Waals surface area contributed by atoms with E-state index in [4.69, 9.17) is 0 Å². The maximum Gasteiger partial charge on any atom is 0.253 e. The van der Waals surface area contributed by atoms with Gasteiger partial charge in [0, 0.05) is 43.3 Å². The van der Waals surface area contributed by atoms with E-state index in [1.165, 1.54) is 38.5 Å². The third-order valence-electron chi connectivity index (χ3n) is 6.76. The number of carbonyl (C=O) groups excluding carboxylic acids is 2. The van der Waals surface area contributed by atoms with E-state index < -0.39 is 0 Å². The summed E-state index contributed by atoms with van der Waals surface area (Å²) < 4.78 is 0. The number of unbranched alkanes of at least 4 members (excludes halogenated alkanes) is 5. The second kappa shape index (κ2) is 12.2. The van der Waals surface area contributed by atoms with Crippen LogP contribution in [0.2, 0.25) is 0 Å². The first-order chi connectivity index (χ1) is 15.1. The summed E-state index contributed by atoms with van der Waals surface area (Å²) in [5, 5.41) is 3.66. The molecule has 2 saturated heterocycles. The van der Waals surface area contributed by atoms with Gasteiger partial charge in [0.15, 0.2) is 0 Å². The van der Waals surface area contributed by atoms with Gasteiger partial charge in [-0.2, -0.15) is 0 Å². The van der Waals surface area contributed by atoms with Gasteiger partial charge in [0.2, 0.25) is 0 Å². The van der Waals surface area contributed by atoms with Crippen molar-refractivity contribution in [1.82, 2.24) is 15.1 Å². The SMILES string of the molecule is CCCCCCCCNC1CCCN(C(=O)c2ccc(C(=O)N3CCC(C)C3)cc2)C1. The van der Waals surface area contributed by atoms with Crippen molar-refractivity contribution >= 4 is 11.8 Å². The van der Waals surface area contributed by atoms with E-state index in [1.807, 2.05) is 34.1 Å². The maximum atomic E-state index is 13.0. The summed E-state index contributed by atoms with van der Waals surface area (Å²) in [5.41, 5.74) is 1.37. The van der Waals surface area contributed by atoms with Crippen LogP contribution in [0.3, 0.4) is 0 Å². The van der Waals surface area contributed by atoms with Crippen molar-refractivity contribution in [1.29, 1.82) is 0 Å². The Morgan fingerprint density at radius 1 is 0.871 bits per heavy atom. The minimum atomic E-state index is 0.0832. The summed E-state index contributed by atoms with van der Waals surface area (Å²) in [6, 6.07) is 7.67. The first-order valence-corrected chi connectivity index (χ1v) is 12.5. The Labute approximate surface area is 188 Å². The van der Waals surface area contributed by atoms with Gasteiger partial charge in [-0.15, -0.1) is 0 Å². The largest absolute Gasteiger partial charge is 0.338 e. The number of hydrogen-bond donors (Lipinski definition) is 1. The summed E-state index contributed by atoms with van der Waals surface area (Å²) in [6.07, 6.45) is 11.1.